The van der Waals surface area contributed by atoms with E-state index in [-0.39, 0.29) is 18.6 Å². The molecule has 0 saturated carbocycles. The molecule has 1 unspecified atom stereocenters. The molecule has 0 bridgehead atoms. The number of hydrogen-bond acceptors (Lipinski definition) is 5. The topological polar surface area (TPSA) is 88.8 Å². The minimum Gasteiger partial charge on any atom is -0.464 e. The molecule has 2 N–H and O–H groups in total. The van der Waals surface area contributed by atoms with Gasteiger partial charge in [0, 0.05) is 18.7 Å². The lowest BCUT2D eigenvalue weighted by Gasteiger charge is -2.36. The predicted molar refractivity (Wildman–Crippen MR) is 87.3 cm³/mol. The van der Waals surface area contributed by atoms with Crippen molar-refractivity contribution >= 4 is 5.97 Å². The fourth-order valence-corrected chi connectivity index (χ4v) is 2.09. The predicted octanol–water partition coefficient (Wildman–Crippen LogP) is 1.21. The van der Waals surface area contributed by atoms with E-state index in [2.05, 4.69) is 0 Å². The summed E-state index contributed by atoms with van der Waals surface area (Å²) in [6.45, 7) is 9.70. The Labute approximate surface area is 136 Å². The molecule has 0 saturated heterocycles. The first-order valence-corrected chi connectivity index (χ1v) is 7.67. The number of carbonyl (C=O) groups excluding carboxylic acids is 1. The fraction of sp³-hybridized carbons (Fsp3) is 0.647. The average Bonchev–Trinajstić information content (AvgIpc) is 2.39. The fourth-order valence-electron chi connectivity index (χ4n) is 2.09. The van der Waals surface area contributed by atoms with Crippen molar-refractivity contribution in [3.05, 3.63) is 34.2 Å². The van der Waals surface area contributed by atoms with E-state index in [1.54, 1.807) is 26.8 Å². The van der Waals surface area contributed by atoms with Crippen LogP contribution in [-0.4, -0.2) is 38.6 Å². The van der Waals surface area contributed by atoms with Crippen molar-refractivity contribution in [2.45, 2.75) is 64.7 Å². The summed E-state index contributed by atoms with van der Waals surface area (Å²) < 4.78 is 6.32. The molecule has 0 aliphatic carbocycles. The molecule has 0 radical (unpaired) electrons. The third-order valence-corrected chi connectivity index (χ3v) is 4.22. The van der Waals surface area contributed by atoms with Gasteiger partial charge in [-0.05, 0) is 47.1 Å². The molecule has 0 fully saturated rings. The highest BCUT2D eigenvalue weighted by molar-refractivity contribution is 5.77. The minimum atomic E-state index is -1.39. The molecule has 0 aliphatic rings. The summed E-state index contributed by atoms with van der Waals surface area (Å²) in [5.41, 5.74) is -3.57. The maximum Gasteiger partial charge on any atom is 0.331 e. The Morgan fingerprint density at radius 2 is 1.74 bits per heavy atom. The van der Waals surface area contributed by atoms with Gasteiger partial charge in [0.25, 0.3) is 5.56 Å². The first-order chi connectivity index (χ1) is 10.3. The van der Waals surface area contributed by atoms with E-state index in [1.807, 2.05) is 0 Å². The van der Waals surface area contributed by atoms with Crippen LogP contribution in [0.4, 0.5) is 0 Å². The van der Waals surface area contributed by atoms with Crippen LogP contribution in [0.2, 0.25) is 0 Å². The Kier molecular flexibility index (Phi) is 5.44. The van der Waals surface area contributed by atoms with Gasteiger partial charge in [-0.25, -0.2) is 4.79 Å². The molecule has 0 spiro atoms. The minimum absolute atomic E-state index is 0.135. The lowest BCUT2D eigenvalue weighted by Crippen LogP contribution is -2.49. The van der Waals surface area contributed by atoms with Gasteiger partial charge in [0.15, 0.2) is 0 Å². The number of ether oxygens (including phenoxy) is 1. The monoisotopic (exact) mass is 325 g/mol. The summed E-state index contributed by atoms with van der Waals surface area (Å²) in [7, 11) is 0. The number of rotatable bonds is 6. The van der Waals surface area contributed by atoms with Crippen molar-refractivity contribution < 1.29 is 19.7 Å². The van der Waals surface area contributed by atoms with E-state index in [0.29, 0.717) is 5.56 Å². The molecule has 6 nitrogen and oxygen atoms in total. The standard InChI is InChI=1S/C17H27NO5/c1-7-23-14(20)15(2,3)18-11-12(8-9-13(18)19)10-17(6,22)16(4,5)21/h8-9,11,21-22H,7,10H2,1-6H3. The molecule has 23 heavy (non-hydrogen) atoms. The number of carbonyl (C=O) groups is 1. The summed E-state index contributed by atoms with van der Waals surface area (Å²) in [6, 6.07) is 2.93. The van der Waals surface area contributed by atoms with E-state index in [4.69, 9.17) is 4.74 Å². The van der Waals surface area contributed by atoms with Crippen molar-refractivity contribution in [3.63, 3.8) is 0 Å². The van der Waals surface area contributed by atoms with Gasteiger partial charge in [-0.1, -0.05) is 6.07 Å². The van der Waals surface area contributed by atoms with Crippen molar-refractivity contribution in [2.75, 3.05) is 6.61 Å². The summed E-state index contributed by atoms with van der Waals surface area (Å²) in [6.07, 6.45) is 1.66. The van der Waals surface area contributed by atoms with Gasteiger partial charge in [-0.3, -0.25) is 9.36 Å². The summed E-state index contributed by atoms with van der Waals surface area (Å²) in [5.74, 6) is -0.506. The summed E-state index contributed by atoms with van der Waals surface area (Å²) in [5, 5.41) is 20.5. The second kappa shape index (κ2) is 6.45. The number of esters is 1. The molecule has 1 atom stereocenters. The van der Waals surface area contributed by atoms with Crippen LogP contribution >= 0.6 is 0 Å². The SMILES string of the molecule is CCOC(=O)C(C)(C)n1cc(CC(C)(O)C(C)(C)O)ccc1=O. The number of nitrogens with zero attached hydrogens (tertiary/aromatic N) is 1. The Morgan fingerprint density at radius 1 is 1.17 bits per heavy atom. The smallest absolute Gasteiger partial charge is 0.331 e. The number of aliphatic hydroxyl groups is 2. The van der Waals surface area contributed by atoms with Crippen LogP contribution < -0.4 is 5.56 Å². The van der Waals surface area contributed by atoms with Crippen LogP contribution in [-0.2, 0) is 21.5 Å². The first-order valence-electron chi connectivity index (χ1n) is 7.67. The van der Waals surface area contributed by atoms with Crippen LogP contribution in [0.1, 0.15) is 47.1 Å². The van der Waals surface area contributed by atoms with Gasteiger partial charge in [0.2, 0.25) is 0 Å². The normalized spacial score (nSPS) is 15.1. The average molecular weight is 325 g/mol. The zero-order valence-corrected chi connectivity index (χ0v) is 14.7. The lowest BCUT2D eigenvalue weighted by molar-refractivity contribution is -0.152. The van der Waals surface area contributed by atoms with E-state index >= 15 is 0 Å². The van der Waals surface area contributed by atoms with Crippen molar-refractivity contribution in [3.8, 4) is 0 Å². The van der Waals surface area contributed by atoms with E-state index in [1.165, 1.54) is 37.6 Å². The maximum absolute atomic E-state index is 12.1. The van der Waals surface area contributed by atoms with E-state index in [9.17, 15) is 19.8 Å². The molecular formula is C17H27NO5. The molecule has 1 aromatic heterocycles. The van der Waals surface area contributed by atoms with E-state index in [0.717, 1.165) is 0 Å². The molecule has 130 valence electrons. The summed E-state index contributed by atoms with van der Waals surface area (Å²) >= 11 is 0. The van der Waals surface area contributed by atoms with Gasteiger partial charge in [-0.2, -0.15) is 0 Å². The molecule has 1 heterocycles. The third kappa shape index (κ3) is 4.20. The van der Waals surface area contributed by atoms with E-state index < -0.39 is 22.7 Å². The molecule has 1 rings (SSSR count). The molecule has 0 amide bonds. The quantitative estimate of drug-likeness (QED) is 0.768. The van der Waals surface area contributed by atoms with Gasteiger partial charge in [0.05, 0.1) is 17.8 Å². The number of aromatic nitrogens is 1. The van der Waals surface area contributed by atoms with Crippen molar-refractivity contribution in [2.24, 2.45) is 0 Å². The van der Waals surface area contributed by atoms with Crippen LogP contribution in [0.25, 0.3) is 0 Å². The number of hydrogen-bond donors (Lipinski definition) is 2. The maximum atomic E-state index is 12.1. The Balaban J connectivity index is 3.24. The molecular weight excluding hydrogens is 298 g/mol. The first kappa shape index (κ1) is 19.4. The highest BCUT2D eigenvalue weighted by Gasteiger charge is 2.38. The zero-order valence-electron chi connectivity index (χ0n) is 14.7. The molecule has 0 aromatic carbocycles. The largest absolute Gasteiger partial charge is 0.464 e. The van der Waals surface area contributed by atoms with Crippen LogP contribution in [0.15, 0.2) is 23.1 Å². The second-order valence-corrected chi connectivity index (χ2v) is 7.03. The van der Waals surface area contributed by atoms with Gasteiger partial charge < -0.3 is 14.9 Å². The Morgan fingerprint density at radius 3 is 2.22 bits per heavy atom. The highest BCUT2D eigenvalue weighted by Crippen LogP contribution is 2.26. The lowest BCUT2D eigenvalue weighted by atomic mass is 9.83. The van der Waals surface area contributed by atoms with Crippen molar-refractivity contribution in [1.82, 2.24) is 4.57 Å². The van der Waals surface area contributed by atoms with Crippen LogP contribution in [0.3, 0.4) is 0 Å². The molecule has 6 heteroatoms. The van der Waals surface area contributed by atoms with Gasteiger partial charge in [-0.15, -0.1) is 0 Å². The molecule has 0 aliphatic heterocycles. The number of pyridine rings is 1. The Bertz CT molecular complexity index is 623. The van der Waals surface area contributed by atoms with Crippen LogP contribution in [0.5, 0.6) is 0 Å². The van der Waals surface area contributed by atoms with Gasteiger partial charge in [0.1, 0.15) is 5.54 Å². The Hall–Kier alpha value is -1.66. The van der Waals surface area contributed by atoms with Crippen molar-refractivity contribution in [1.29, 1.82) is 0 Å². The zero-order chi connectivity index (χ0) is 18.1. The highest BCUT2D eigenvalue weighted by atomic mass is 16.5. The summed E-state index contributed by atoms with van der Waals surface area (Å²) in [4.78, 5) is 24.2. The third-order valence-electron chi connectivity index (χ3n) is 4.22. The van der Waals surface area contributed by atoms with Gasteiger partial charge >= 0.3 is 5.97 Å². The molecule has 1 aromatic rings. The van der Waals surface area contributed by atoms with Crippen LogP contribution in [0, 0.1) is 0 Å². The second-order valence-electron chi connectivity index (χ2n) is 7.03.